The minimum absolute atomic E-state index is 0.118. The number of ketones is 1. The molecule has 20 heavy (non-hydrogen) atoms. The predicted molar refractivity (Wildman–Crippen MR) is 82.4 cm³/mol. The summed E-state index contributed by atoms with van der Waals surface area (Å²) < 4.78 is 5.23. The number of Topliss-reactive ketones (excluding diaryl/α,β-unsaturated/α-hetero) is 1. The van der Waals surface area contributed by atoms with E-state index in [9.17, 15) is 4.79 Å². The van der Waals surface area contributed by atoms with Crippen molar-refractivity contribution in [2.75, 3.05) is 7.11 Å². The van der Waals surface area contributed by atoms with E-state index in [4.69, 9.17) is 4.74 Å². The van der Waals surface area contributed by atoms with E-state index < -0.39 is 0 Å². The van der Waals surface area contributed by atoms with Crippen molar-refractivity contribution in [1.29, 1.82) is 0 Å². The van der Waals surface area contributed by atoms with Gasteiger partial charge < -0.3 is 4.74 Å². The number of ether oxygens (including phenoxy) is 1. The van der Waals surface area contributed by atoms with Crippen LogP contribution in [0.5, 0.6) is 5.75 Å². The SMILES string of the molecule is COc1ccc(C(=O)C2(CC(C)C)CCCC2)c(C)c1. The number of hydrogen-bond donors (Lipinski definition) is 0. The van der Waals surface area contributed by atoms with Crippen LogP contribution in [0, 0.1) is 18.3 Å². The lowest BCUT2D eigenvalue weighted by molar-refractivity contribution is 0.0759. The fourth-order valence-electron chi connectivity index (χ4n) is 3.66. The molecule has 0 heterocycles. The number of methoxy groups -OCH3 is 1. The highest BCUT2D eigenvalue weighted by molar-refractivity contribution is 6.02. The Labute approximate surface area is 122 Å². The Morgan fingerprint density at radius 3 is 2.45 bits per heavy atom. The molecular formula is C18H26O2. The molecule has 1 aliphatic rings. The first kappa shape index (κ1) is 15.1. The van der Waals surface area contributed by atoms with Crippen molar-refractivity contribution in [3.63, 3.8) is 0 Å². The number of carbonyl (C=O) groups is 1. The Morgan fingerprint density at radius 1 is 1.30 bits per heavy atom. The summed E-state index contributed by atoms with van der Waals surface area (Å²) in [4.78, 5) is 13.1. The third kappa shape index (κ3) is 2.89. The molecule has 1 aromatic carbocycles. The third-order valence-electron chi connectivity index (χ3n) is 4.52. The molecule has 2 nitrogen and oxygen atoms in total. The topological polar surface area (TPSA) is 26.3 Å². The van der Waals surface area contributed by atoms with Gasteiger partial charge in [0.25, 0.3) is 0 Å². The van der Waals surface area contributed by atoms with Gasteiger partial charge in [-0.15, -0.1) is 0 Å². The summed E-state index contributed by atoms with van der Waals surface area (Å²) in [5.74, 6) is 1.74. The van der Waals surface area contributed by atoms with E-state index in [1.54, 1.807) is 7.11 Å². The summed E-state index contributed by atoms with van der Waals surface area (Å²) in [7, 11) is 1.66. The summed E-state index contributed by atoms with van der Waals surface area (Å²) in [6.07, 6.45) is 5.49. The van der Waals surface area contributed by atoms with E-state index in [0.29, 0.717) is 11.7 Å². The average Bonchev–Trinajstić information content (AvgIpc) is 2.86. The lowest BCUT2D eigenvalue weighted by Crippen LogP contribution is -2.30. The van der Waals surface area contributed by atoms with Gasteiger partial charge in [0.05, 0.1) is 7.11 Å². The monoisotopic (exact) mass is 274 g/mol. The molecule has 0 spiro atoms. The van der Waals surface area contributed by atoms with Crippen molar-refractivity contribution >= 4 is 5.78 Å². The number of benzene rings is 1. The molecular weight excluding hydrogens is 248 g/mol. The van der Waals surface area contributed by atoms with Crippen molar-refractivity contribution in [3.8, 4) is 5.75 Å². The fourth-order valence-corrected chi connectivity index (χ4v) is 3.66. The van der Waals surface area contributed by atoms with Gasteiger partial charge in [-0.1, -0.05) is 26.7 Å². The molecule has 0 unspecified atom stereocenters. The van der Waals surface area contributed by atoms with Gasteiger partial charge in [0.1, 0.15) is 5.75 Å². The van der Waals surface area contributed by atoms with Crippen LogP contribution < -0.4 is 4.74 Å². The zero-order valence-corrected chi connectivity index (χ0v) is 13.2. The first-order chi connectivity index (χ1) is 9.48. The van der Waals surface area contributed by atoms with Crippen LogP contribution in [0.2, 0.25) is 0 Å². The van der Waals surface area contributed by atoms with Crippen LogP contribution in [0.15, 0.2) is 18.2 Å². The van der Waals surface area contributed by atoms with E-state index >= 15 is 0 Å². The maximum atomic E-state index is 13.1. The molecule has 0 radical (unpaired) electrons. The molecule has 1 aromatic rings. The first-order valence-electron chi connectivity index (χ1n) is 7.68. The Bertz CT molecular complexity index is 482. The Hall–Kier alpha value is -1.31. The van der Waals surface area contributed by atoms with Crippen molar-refractivity contribution in [2.24, 2.45) is 11.3 Å². The Balaban J connectivity index is 2.32. The standard InChI is InChI=1S/C18H26O2/c1-13(2)12-18(9-5-6-10-18)17(19)16-8-7-15(20-4)11-14(16)3/h7-8,11,13H,5-6,9-10,12H2,1-4H3. The number of aryl methyl sites for hydroxylation is 1. The predicted octanol–water partition coefficient (Wildman–Crippen LogP) is 4.79. The maximum Gasteiger partial charge on any atom is 0.169 e. The molecule has 0 saturated heterocycles. The van der Waals surface area contributed by atoms with E-state index in [2.05, 4.69) is 13.8 Å². The lowest BCUT2D eigenvalue weighted by atomic mass is 9.72. The van der Waals surface area contributed by atoms with E-state index in [0.717, 1.165) is 36.1 Å². The molecule has 0 amide bonds. The smallest absolute Gasteiger partial charge is 0.169 e. The highest BCUT2D eigenvalue weighted by Crippen LogP contribution is 2.46. The Kier molecular flexibility index (Phi) is 4.52. The summed E-state index contributed by atoms with van der Waals surface area (Å²) in [6, 6.07) is 5.81. The highest BCUT2D eigenvalue weighted by Gasteiger charge is 2.41. The largest absolute Gasteiger partial charge is 0.497 e. The molecule has 1 fully saturated rings. The highest BCUT2D eigenvalue weighted by atomic mass is 16.5. The van der Waals surface area contributed by atoms with Gasteiger partial charge in [0, 0.05) is 11.0 Å². The zero-order valence-electron chi connectivity index (χ0n) is 13.2. The van der Waals surface area contributed by atoms with Crippen molar-refractivity contribution in [1.82, 2.24) is 0 Å². The molecule has 1 aliphatic carbocycles. The molecule has 0 bridgehead atoms. The van der Waals surface area contributed by atoms with Crippen LogP contribution in [0.3, 0.4) is 0 Å². The average molecular weight is 274 g/mol. The normalized spacial score (nSPS) is 17.4. The molecule has 0 aromatic heterocycles. The van der Waals surface area contributed by atoms with Gasteiger partial charge in [-0.2, -0.15) is 0 Å². The van der Waals surface area contributed by atoms with Crippen LogP contribution in [0.1, 0.15) is 61.9 Å². The second kappa shape index (κ2) is 5.99. The lowest BCUT2D eigenvalue weighted by Gasteiger charge is -2.30. The van der Waals surface area contributed by atoms with Gasteiger partial charge in [0.15, 0.2) is 5.78 Å². The quantitative estimate of drug-likeness (QED) is 0.721. The molecule has 2 heteroatoms. The molecule has 0 aliphatic heterocycles. The number of hydrogen-bond acceptors (Lipinski definition) is 2. The minimum atomic E-state index is -0.118. The molecule has 2 rings (SSSR count). The molecule has 0 atom stereocenters. The minimum Gasteiger partial charge on any atom is -0.497 e. The van der Waals surface area contributed by atoms with E-state index in [1.807, 2.05) is 25.1 Å². The van der Waals surface area contributed by atoms with Gasteiger partial charge in [-0.05, 0) is 55.9 Å². The molecule has 110 valence electrons. The summed E-state index contributed by atoms with van der Waals surface area (Å²) in [6.45, 7) is 6.44. The summed E-state index contributed by atoms with van der Waals surface area (Å²) >= 11 is 0. The maximum absolute atomic E-state index is 13.1. The van der Waals surface area contributed by atoms with Gasteiger partial charge >= 0.3 is 0 Å². The van der Waals surface area contributed by atoms with Crippen LogP contribution in [-0.2, 0) is 0 Å². The summed E-state index contributed by atoms with van der Waals surface area (Å²) in [5.41, 5.74) is 1.80. The second-order valence-electron chi connectivity index (χ2n) is 6.60. The number of rotatable bonds is 5. The van der Waals surface area contributed by atoms with Crippen LogP contribution >= 0.6 is 0 Å². The van der Waals surface area contributed by atoms with Crippen LogP contribution in [0.25, 0.3) is 0 Å². The van der Waals surface area contributed by atoms with Crippen molar-refractivity contribution < 1.29 is 9.53 Å². The van der Waals surface area contributed by atoms with E-state index in [1.165, 1.54) is 12.8 Å². The van der Waals surface area contributed by atoms with Crippen LogP contribution in [0.4, 0.5) is 0 Å². The van der Waals surface area contributed by atoms with Gasteiger partial charge in [-0.3, -0.25) is 4.79 Å². The van der Waals surface area contributed by atoms with Crippen LogP contribution in [-0.4, -0.2) is 12.9 Å². The molecule has 1 saturated carbocycles. The Morgan fingerprint density at radius 2 is 1.95 bits per heavy atom. The van der Waals surface area contributed by atoms with Crippen molar-refractivity contribution in [3.05, 3.63) is 29.3 Å². The number of carbonyl (C=O) groups excluding carboxylic acids is 1. The second-order valence-corrected chi connectivity index (χ2v) is 6.60. The first-order valence-corrected chi connectivity index (χ1v) is 7.68. The fraction of sp³-hybridized carbons (Fsp3) is 0.611. The summed E-state index contributed by atoms with van der Waals surface area (Å²) in [5, 5.41) is 0. The van der Waals surface area contributed by atoms with Gasteiger partial charge in [-0.25, -0.2) is 0 Å². The zero-order chi connectivity index (χ0) is 14.8. The molecule has 0 N–H and O–H groups in total. The third-order valence-corrected chi connectivity index (χ3v) is 4.52. The van der Waals surface area contributed by atoms with Gasteiger partial charge in [0.2, 0.25) is 0 Å². The van der Waals surface area contributed by atoms with E-state index in [-0.39, 0.29) is 5.41 Å². The van der Waals surface area contributed by atoms with Crippen molar-refractivity contribution in [2.45, 2.75) is 52.9 Å².